The molecule has 1 fully saturated rings. The zero-order valence-electron chi connectivity index (χ0n) is 13.1. The lowest BCUT2D eigenvalue weighted by Gasteiger charge is -2.32. The Morgan fingerprint density at radius 3 is 2.05 bits per heavy atom. The molecule has 1 aromatic heterocycles. The third-order valence-corrected chi connectivity index (χ3v) is 4.65. The number of rotatable bonds is 2. The largest absolute Gasteiger partial charge is 0.534 e. The maximum atomic E-state index is 6.20. The third kappa shape index (κ3) is 2.64. The number of halogens is 1. The monoisotopic (exact) mass is 316 g/mol. The van der Waals surface area contributed by atoms with Crippen molar-refractivity contribution in [3.8, 4) is 11.1 Å². The van der Waals surface area contributed by atoms with Gasteiger partial charge in [-0.2, -0.15) is 0 Å². The molecule has 4 nitrogen and oxygen atoms in total. The van der Waals surface area contributed by atoms with Gasteiger partial charge in [0.25, 0.3) is 0 Å². The first kappa shape index (κ1) is 15.5. The Labute approximate surface area is 136 Å². The summed E-state index contributed by atoms with van der Waals surface area (Å²) in [4.78, 5) is 8.78. The van der Waals surface area contributed by atoms with Crippen LogP contribution in [0.15, 0.2) is 36.7 Å². The van der Waals surface area contributed by atoms with Gasteiger partial charge >= 0.3 is 7.12 Å². The first-order chi connectivity index (χ1) is 10.3. The van der Waals surface area contributed by atoms with Gasteiger partial charge in [-0.3, -0.25) is 0 Å². The fourth-order valence-electron chi connectivity index (χ4n) is 2.24. The van der Waals surface area contributed by atoms with Gasteiger partial charge in [-0.1, -0.05) is 29.8 Å². The summed E-state index contributed by atoms with van der Waals surface area (Å²) in [7, 11) is -0.551. The Morgan fingerprint density at radius 2 is 1.50 bits per heavy atom. The zero-order chi connectivity index (χ0) is 16.0. The van der Waals surface area contributed by atoms with Crippen molar-refractivity contribution in [1.29, 1.82) is 0 Å². The fraction of sp³-hybridized carbons (Fsp3) is 0.375. The molecule has 1 aliphatic heterocycles. The van der Waals surface area contributed by atoms with Crippen LogP contribution in [0.3, 0.4) is 0 Å². The number of benzene rings is 1. The summed E-state index contributed by atoms with van der Waals surface area (Å²) in [5.41, 5.74) is 1.50. The standard InChI is InChI=1S/C16H18BClN2O2/c1-15(2)16(3,4)22-17(21-15)14-19-9-11(10-20-14)12-7-5-6-8-13(12)18/h5-10H,1-4H3. The van der Waals surface area contributed by atoms with Crippen molar-refractivity contribution < 1.29 is 9.31 Å². The minimum atomic E-state index is -0.551. The highest BCUT2D eigenvalue weighted by atomic mass is 35.5. The Balaban J connectivity index is 1.86. The quantitative estimate of drug-likeness (QED) is 0.799. The molecule has 0 radical (unpaired) electrons. The maximum Gasteiger partial charge on any atom is 0.534 e. The van der Waals surface area contributed by atoms with E-state index >= 15 is 0 Å². The molecule has 0 N–H and O–H groups in total. The van der Waals surface area contributed by atoms with Gasteiger partial charge in [-0.25, -0.2) is 9.97 Å². The predicted octanol–water partition coefficient (Wildman–Crippen LogP) is 3.10. The highest BCUT2D eigenvalue weighted by molar-refractivity contribution is 6.60. The average molecular weight is 317 g/mol. The third-order valence-electron chi connectivity index (χ3n) is 4.32. The minimum absolute atomic E-state index is 0.400. The molecule has 0 saturated carbocycles. The molecule has 0 atom stereocenters. The summed E-state index contributed by atoms with van der Waals surface area (Å²) in [6.07, 6.45) is 3.49. The molecular weight excluding hydrogens is 298 g/mol. The first-order valence-electron chi connectivity index (χ1n) is 7.23. The van der Waals surface area contributed by atoms with Crippen molar-refractivity contribution >= 4 is 24.4 Å². The molecule has 114 valence electrons. The van der Waals surface area contributed by atoms with Gasteiger partial charge in [-0.05, 0) is 33.8 Å². The van der Waals surface area contributed by atoms with Crippen LogP contribution in [-0.4, -0.2) is 28.3 Å². The molecule has 22 heavy (non-hydrogen) atoms. The van der Waals surface area contributed by atoms with E-state index in [0.29, 0.717) is 10.7 Å². The minimum Gasteiger partial charge on any atom is -0.397 e. The van der Waals surface area contributed by atoms with E-state index in [1.165, 1.54) is 0 Å². The SMILES string of the molecule is CC1(C)OB(c2ncc(-c3ccccc3Cl)cn2)OC1(C)C. The van der Waals surface area contributed by atoms with Crippen LogP contribution in [0.1, 0.15) is 27.7 Å². The molecule has 6 heteroatoms. The highest BCUT2D eigenvalue weighted by Gasteiger charge is 2.53. The molecule has 1 aliphatic rings. The van der Waals surface area contributed by atoms with Crippen LogP contribution in [0.2, 0.25) is 5.02 Å². The molecule has 2 heterocycles. The molecule has 1 saturated heterocycles. The predicted molar refractivity (Wildman–Crippen MR) is 88.2 cm³/mol. The van der Waals surface area contributed by atoms with E-state index in [0.717, 1.165) is 11.1 Å². The van der Waals surface area contributed by atoms with E-state index in [4.69, 9.17) is 20.9 Å². The molecule has 3 rings (SSSR count). The lowest BCUT2D eigenvalue weighted by Crippen LogP contribution is -2.41. The number of nitrogens with zero attached hydrogens (tertiary/aromatic N) is 2. The van der Waals surface area contributed by atoms with Crippen molar-refractivity contribution in [2.24, 2.45) is 0 Å². The van der Waals surface area contributed by atoms with E-state index in [2.05, 4.69) is 9.97 Å². The second kappa shape index (κ2) is 5.34. The molecule has 1 aromatic carbocycles. The van der Waals surface area contributed by atoms with Gasteiger partial charge in [-0.15, -0.1) is 0 Å². The van der Waals surface area contributed by atoms with E-state index in [1.54, 1.807) is 12.4 Å². The lowest BCUT2D eigenvalue weighted by atomic mass is 9.89. The lowest BCUT2D eigenvalue weighted by molar-refractivity contribution is 0.00578. The fourth-order valence-corrected chi connectivity index (χ4v) is 2.49. The maximum absolute atomic E-state index is 6.20. The second-order valence-corrected chi connectivity index (χ2v) is 6.81. The molecular formula is C16H18BClN2O2. The smallest absolute Gasteiger partial charge is 0.397 e. The van der Waals surface area contributed by atoms with Crippen LogP contribution in [0, 0.1) is 0 Å². The molecule has 2 aromatic rings. The van der Waals surface area contributed by atoms with Gasteiger partial charge < -0.3 is 9.31 Å². The Hall–Kier alpha value is -1.43. The molecule has 0 unspecified atom stereocenters. The van der Waals surface area contributed by atoms with Gasteiger partial charge in [0.15, 0.2) is 5.72 Å². The zero-order valence-corrected chi connectivity index (χ0v) is 13.9. The second-order valence-electron chi connectivity index (χ2n) is 6.40. The van der Waals surface area contributed by atoms with Gasteiger partial charge in [0.2, 0.25) is 0 Å². The Kier molecular flexibility index (Phi) is 3.75. The normalized spacial score (nSPS) is 19.4. The van der Waals surface area contributed by atoms with Crippen molar-refractivity contribution in [2.45, 2.75) is 38.9 Å². The van der Waals surface area contributed by atoms with Crippen LogP contribution < -0.4 is 5.72 Å². The number of aromatic nitrogens is 2. The van der Waals surface area contributed by atoms with Crippen LogP contribution in [0.4, 0.5) is 0 Å². The highest BCUT2D eigenvalue weighted by Crippen LogP contribution is 2.36. The number of hydrogen-bond acceptors (Lipinski definition) is 4. The van der Waals surface area contributed by atoms with E-state index in [9.17, 15) is 0 Å². The average Bonchev–Trinajstić information content (AvgIpc) is 2.68. The van der Waals surface area contributed by atoms with Crippen LogP contribution >= 0.6 is 11.6 Å². The summed E-state index contributed by atoms with van der Waals surface area (Å²) in [6, 6.07) is 7.61. The Morgan fingerprint density at radius 1 is 0.955 bits per heavy atom. The van der Waals surface area contributed by atoms with E-state index < -0.39 is 18.3 Å². The Bertz CT molecular complexity index is 673. The topological polar surface area (TPSA) is 44.2 Å². The summed E-state index contributed by atoms with van der Waals surface area (Å²) < 4.78 is 11.9. The molecule has 0 amide bonds. The van der Waals surface area contributed by atoms with Gasteiger partial charge in [0, 0.05) is 28.5 Å². The van der Waals surface area contributed by atoms with Crippen molar-refractivity contribution in [2.75, 3.05) is 0 Å². The molecule has 0 aliphatic carbocycles. The van der Waals surface area contributed by atoms with Gasteiger partial charge in [0.1, 0.15) is 0 Å². The summed E-state index contributed by atoms with van der Waals surface area (Å²) in [5.74, 6) is 0. The van der Waals surface area contributed by atoms with Crippen molar-refractivity contribution in [1.82, 2.24) is 9.97 Å². The van der Waals surface area contributed by atoms with E-state index in [1.807, 2.05) is 52.0 Å². The summed E-state index contributed by atoms with van der Waals surface area (Å²) in [6.45, 7) is 8.02. The van der Waals surface area contributed by atoms with Crippen LogP contribution in [0.25, 0.3) is 11.1 Å². The van der Waals surface area contributed by atoms with Crippen molar-refractivity contribution in [3.05, 3.63) is 41.7 Å². The van der Waals surface area contributed by atoms with Crippen molar-refractivity contribution in [3.63, 3.8) is 0 Å². The molecule has 0 bridgehead atoms. The first-order valence-corrected chi connectivity index (χ1v) is 7.60. The van der Waals surface area contributed by atoms with E-state index in [-0.39, 0.29) is 0 Å². The van der Waals surface area contributed by atoms with Crippen LogP contribution in [-0.2, 0) is 9.31 Å². The molecule has 0 spiro atoms. The van der Waals surface area contributed by atoms with Gasteiger partial charge in [0.05, 0.1) is 11.2 Å². The van der Waals surface area contributed by atoms with Crippen LogP contribution in [0.5, 0.6) is 0 Å². The summed E-state index contributed by atoms with van der Waals surface area (Å²) >= 11 is 6.20. The number of hydrogen-bond donors (Lipinski definition) is 0. The summed E-state index contributed by atoms with van der Waals surface area (Å²) in [5, 5.41) is 0.675.